The first-order valence-electron chi connectivity index (χ1n) is 5.04. The predicted octanol–water partition coefficient (Wildman–Crippen LogP) is 1.18. The molecular weight excluding hydrogens is 278 g/mol. The van der Waals surface area contributed by atoms with Gasteiger partial charge in [-0.3, -0.25) is 0 Å². The average Bonchev–Trinajstić information content (AvgIpc) is 2.34. The number of sulfone groups is 1. The summed E-state index contributed by atoms with van der Waals surface area (Å²) in [5, 5.41) is 9.93. The van der Waals surface area contributed by atoms with Crippen molar-refractivity contribution in [1.82, 2.24) is 15.1 Å². The molecule has 0 amide bonds. The smallest absolute Gasteiger partial charge is 0.233 e. The molecule has 1 aliphatic heterocycles. The molecule has 2 rings (SSSR count). The largest absolute Gasteiger partial charge is 0.475 e. The summed E-state index contributed by atoms with van der Waals surface area (Å²) in [7, 11) is -3.18. The van der Waals surface area contributed by atoms with Crippen LogP contribution in [0.15, 0.2) is 35.3 Å². The zero-order valence-electron chi connectivity index (χ0n) is 9.23. The van der Waals surface area contributed by atoms with Crippen molar-refractivity contribution in [3.8, 4) is 5.88 Å². The normalized spacial score (nSPS) is 16.8. The monoisotopic (exact) mass is 287 g/mol. The highest BCUT2D eigenvalue weighted by molar-refractivity contribution is 7.97. The fourth-order valence-corrected chi connectivity index (χ4v) is 2.05. The summed E-state index contributed by atoms with van der Waals surface area (Å²) >= 11 is 5.58. The average molecular weight is 288 g/mol. The van der Waals surface area contributed by atoms with Gasteiger partial charge in [0.05, 0.1) is 17.4 Å². The third-order valence-corrected chi connectivity index (χ3v) is 3.29. The molecule has 0 aliphatic carbocycles. The van der Waals surface area contributed by atoms with Crippen molar-refractivity contribution in [1.29, 1.82) is 0 Å². The van der Waals surface area contributed by atoms with Crippen LogP contribution < -0.4 is 4.74 Å². The Morgan fingerprint density at radius 1 is 1.22 bits per heavy atom. The number of rotatable bonds is 4. The fraction of sp³-hybridized carbons (Fsp3) is 0.200. The third-order valence-electron chi connectivity index (χ3n) is 2.09. The van der Waals surface area contributed by atoms with Crippen LogP contribution in [0.1, 0.15) is 0 Å². The van der Waals surface area contributed by atoms with Gasteiger partial charge in [-0.1, -0.05) is 11.6 Å². The molecule has 1 aromatic heterocycles. The van der Waals surface area contributed by atoms with Gasteiger partial charge in [-0.15, -0.1) is 10.2 Å². The number of nitrogens with zero attached hydrogens (tertiary/aromatic N) is 3. The van der Waals surface area contributed by atoms with Crippen LogP contribution in [0.5, 0.6) is 5.88 Å². The van der Waals surface area contributed by atoms with E-state index in [0.29, 0.717) is 24.2 Å². The van der Waals surface area contributed by atoms with E-state index in [0.717, 1.165) is 10.8 Å². The van der Waals surface area contributed by atoms with E-state index in [4.69, 9.17) is 16.3 Å². The van der Waals surface area contributed by atoms with Gasteiger partial charge in [0.2, 0.25) is 5.88 Å². The van der Waals surface area contributed by atoms with E-state index < -0.39 is 9.84 Å². The van der Waals surface area contributed by atoms with Crippen molar-refractivity contribution < 1.29 is 13.2 Å². The first kappa shape index (κ1) is 12.8. The molecule has 0 radical (unpaired) electrons. The van der Waals surface area contributed by atoms with E-state index in [1.54, 1.807) is 17.0 Å². The van der Waals surface area contributed by atoms with E-state index >= 15 is 0 Å². The highest BCUT2D eigenvalue weighted by atomic mass is 35.5. The molecule has 0 unspecified atom stereocenters. The Morgan fingerprint density at radius 3 is 2.56 bits per heavy atom. The lowest BCUT2D eigenvalue weighted by Gasteiger charge is -2.17. The highest BCUT2D eigenvalue weighted by Gasteiger charge is 2.08. The molecule has 0 atom stereocenters. The molecule has 1 aromatic rings. The van der Waals surface area contributed by atoms with Crippen LogP contribution in [0.25, 0.3) is 0 Å². The van der Waals surface area contributed by atoms with Crippen LogP contribution in [-0.4, -0.2) is 36.7 Å². The quantitative estimate of drug-likeness (QED) is 0.828. The predicted molar refractivity (Wildman–Crippen MR) is 66.4 cm³/mol. The van der Waals surface area contributed by atoms with Crippen molar-refractivity contribution in [2.24, 2.45) is 0 Å². The fourth-order valence-electron chi connectivity index (χ4n) is 1.21. The first-order chi connectivity index (χ1) is 8.55. The van der Waals surface area contributed by atoms with Crippen LogP contribution in [0.4, 0.5) is 0 Å². The van der Waals surface area contributed by atoms with E-state index in [-0.39, 0.29) is 0 Å². The maximum Gasteiger partial charge on any atom is 0.233 e. The van der Waals surface area contributed by atoms with Crippen molar-refractivity contribution >= 4 is 21.4 Å². The summed E-state index contributed by atoms with van der Waals surface area (Å²) in [4.78, 5) is 1.70. The Bertz CT molecular complexity index is 549. The van der Waals surface area contributed by atoms with Gasteiger partial charge in [0, 0.05) is 18.5 Å². The molecule has 96 valence electrons. The van der Waals surface area contributed by atoms with Gasteiger partial charge < -0.3 is 9.64 Å². The lowest BCUT2D eigenvalue weighted by atomic mass is 10.5. The maximum atomic E-state index is 11.1. The molecule has 0 aromatic carbocycles. The molecular formula is C10H10ClN3O3S. The van der Waals surface area contributed by atoms with Gasteiger partial charge in [-0.2, -0.15) is 0 Å². The maximum absolute atomic E-state index is 11.1. The molecule has 0 bridgehead atoms. The number of halogens is 1. The molecule has 8 heteroatoms. The van der Waals surface area contributed by atoms with Crippen LogP contribution >= 0.6 is 11.6 Å². The molecule has 0 N–H and O–H groups in total. The Kier molecular flexibility index (Phi) is 3.83. The first-order valence-corrected chi connectivity index (χ1v) is 7.03. The second kappa shape index (κ2) is 5.36. The minimum Gasteiger partial charge on any atom is -0.475 e. The van der Waals surface area contributed by atoms with Crippen molar-refractivity contribution in [2.45, 2.75) is 0 Å². The molecule has 2 heterocycles. The lowest BCUT2D eigenvalue weighted by Crippen LogP contribution is -2.20. The summed E-state index contributed by atoms with van der Waals surface area (Å²) in [6, 6.07) is 3.19. The van der Waals surface area contributed by atoms with Crippen molar-refractivity contribution in [3.63, 3.8) is 0 Å². The van der Waals surface area contributed by atoms with Gasteiger partial charge in [0.15, 0.2) is 15.0 Å². The Labute approximate surface area is 109 Å². The van der Waals surface area contributed by atoms with E-state index in [9.17, 15) is 8.42 Å². The van der Waals surface area contributed by atoms with E-state index in [1.165, 1.54) is 12.4 Å². The van der Waals surface area contributed by atoms with Crippen LogP contribution in [-0.2, 0) is 9.84 Å². The Balaban J connectivity index is 1.80. The standard InChI is InChI=1S/C10H10ClN3O3S/c11-9-1-2-10(13-12-9)17-6-3-14-4-7-18(15,16)8-5-14/h1-2,4-5,7-8H,3,6H2. The molecule has 0 fully saturated rings. The number of hydrogen-bond donors (Lipinski definition) is 0. The zero-order valence-corrected chi connectivity index (χ0v) is 10.8. The van der Waals surface area contributed by atoms with Gasteiger partial charge in [-0.05, 0) is 6.07 Å². The number of aromatic nitrogens is 2. The second-order valence-electron chi connectivity index (χ2n) is 3.44. The SMILES string of the molecule is O=S1(=O)C=CN(CCOc2ccc(Cl)nn2)C=C1. The summed E-state index contributed by atoms with van der Waals surface area (Å²) in [6.45, 7) is 0.859. The summed E-state index contributed by atoms with van der Waals surface area (Å²) in [5.41, 5.74) is 0. The Morgan fingerprint density at radius 2 is 1.94 bits per heavy atom. The van der Waals surface area contributed by atoms with Crippen molar-refractivity contribution in [3.05, 3.63) is 40.5 Å². The van der Waals surface area contributed by atoms with Crippen LogP contribution in [0.3, 0.4) is 0 Å². The van der Waals surface area contributed by atoms with Gasteiger partial charge >= 0.3 is 0 Å². The highest BCUT2D eigenvalue weighted by Crippen LogP contribution is 2.09. The van der Waals surface area contributed by atoms with Gasteiger partial charge in [-0.25, -0.2) is 8.42 Å². The molecule has 6 nitrogen and oxygen atoms in total. The second-order valence-corrected chi connectivity index (χ2v) is 5.55. The van der Waals surface area contributed by atoms with Crippen LogP contribution in [0.2, 0.25) is 5.15 Å². The Hall–Kier alpha value is -1.60. The van der Waals surface area contributed by atoms with E-state index in [1.807, 2.05) is 0 Å². The minimum absolute atomic E-state index is 0.300. The van der Waals surface area contributed by atoms with Crippen LogP contribution in [0, 0.1) is 0 Å². The zero-order chi connectivity index (χ0) is 13.0. The number of ether oxygens (including phenoxy) is 1. The minimum atomic E-state index is -3.18. The third kappa shape index (κ3) is 3.71. The number of hydrogen-bond acceptors (Lipinski definition) is 6. The summed E-state index contributed by atoms with van der Waals surface area (Å²) < 4.78 is 27.4. The summed E-state index contributed by atoms with van der Waals surface area (Å²) in [6.07, 6.45) is 2.96. The molecule has 1 aliphatic rings. The van der Waals surface area contributed by atoms with Crippen molar-refractivity contribution in [2.75, 3.05) is 13.2 Å². The molecule has 0 saturated carbocycles. The van der Waals surface area contributed by atoms with Gasteiger partial charge in [0.1, 0.15) is 6.61 Å². The van der Waals surface area contributed by atoms with Gasteiger partial charge in [0.25, 0.3) is 0 Å². The summed E-state index contributed by atoms with van der Waals surface area (Å²) in [5.74, 6) is 0.372. The topological polar surface area (TPSA) is 72.4 Å². The molecule has 0 saturated heterocycles. The molecule has 0 spiro atoms. The molecule has 18 heavy (non-hydrogen) atoms. The lowest BCUT2D eigenvalue weighted by molar-refractivity contribution is 0.271. The van der Waals surface area contributed by atoms with E-state index in [2.05, 4.69) is 10.2 Å².